The van der Waals surface area contributed by atoms with Crippen molar-refractivity contribution >= 4 is 17.3 Å². The van der Waals surface area contributed by atoms with E-state index in [1.807, 2.05) is 0 Å². The van der Waals surface area contributed by atoms with Crippen LogP contribution >= 0.6 is 0 Å². The lowest BCUT2D eigenvalue weighted by Gasteiger charge is -2.28. The molecule has 1 saturated heterocycles. The molecule has 0 atom stereocenters. The molecule has 112 valence electrons. The van der Waals surface area contributed by atoms with E-state index in [2.05, 4.69) is 0 Å². The molecule has 21 heavy (non-hydrogen) atoms. The lowest BCUT2D eigenvalue weighted by Crippen LogP contribution is -2.36. The zero-order chi connectivity index (χ0) is 15.6. The molecule has 0 unspecified atom stereocenters. The number of nitro benzene ring substituents is 2. The van der Waals surface area contributed by atoms with Gasteiger partial charge in [0.15, 0.2) is 0 Å². The fraction of sp³-hybridized carbons (Fsp3) is 0.417. The Morgan fingerprint density at radius 2 is 1.67 bits per heavy atom. The number of nitrogens with zero attached hydrogens (tertiary/aromatic N) is 3. The second kappa shape index (κ2) is 5.73. The Hall–Kier alpha value is -2.71. The Labute approximate surface area is 119 Å². The fourth-order valence-corrected chi connectivity index (χ4v) is 2.27. The second-order valence-electron chi connectivity index (χ2n) is 4.71. The van der Waals surface area contributed by atoms with Crippen molar-refractivity contribution in [3.63, 3.8) is 0 Å². The Balaban J connectivity index is 2.48. The van der Waals surface area contributed by atoms with Crippen molar-refractivity contribution in [2.75, 3.05) is 13.1 Å². The predicted molar refractivity (Wildman–Crippen MR) is 69.0 cm³/mol. The van der Waals surface area contributed by atoms with Gasteiger partial charge in [0.1, 0.15) is 0 Å². The summed E-state index contributed by atoms with van der Waals surface area (Å²) in [6.45, 7) is 0.878. The summed E-state index contributed by atoms with van der Waals surface area (Å²) in [6.07, 6.45) is 2.51. The van der Waals surface area contributed by atoms with Crippen LogP contribution in [0.4, 0.5) is 11.4 Å². The van der Waals surface area contributed by atoms with E-state index in [1.54, 1.807) is 0 Å². The number of likely N-dealkylation sites (tertiary alicyclic amines) is 1. The molecule has 1 fully saturated rings. The van der Waals surface area contributed by atoms with Crippen molar-refractivity contribution in [3.8, 4) is 5.75 Å². The third kappa shape index (κ3) is 2.91. The van der Waals surface area contributed by atoms with E-state index < -0.39 is 38.4 Å². The molecule has 9 heteroatoms. The molecular formula is C12H12N3O6-. The van der Waals surface area contributed by atoms with Gasteiger partial charge in [-0.3, -0.25) is 25.0 Å². The third-order valence-electron chi connectivity index (χ3n) is 3.34. The van der Waals surface area contributed by atoms with Gasteiger partial charge < -0.3 is 10.0 Å². The lowest BCUT2D eigenvalue weighted by molar-refractivity contribution is -0.403. The fourth-order valence-electron chi connectivity index (χ4n) is 2.27. The summed E-state index contributed by atoms with van der Waals surface area (Å²) < 4.78 is 0. The van der Waals surface area contributed by atoms with Gasteiger partial charge in [-0.2, -0.15) is 0 Å². The molecule has 0 N–H and O–H groups in total. The standard InChI is InChI=1S/C12H13N3O6/c16-11-9(12(17)13-4-2-1-3-5-13)6-8(14(18)19)7-10(11)15(20)21/h6-7,16H,1-5H2/p-1. The molecule has 1 heterocycles. The van der Waals surface area contributed by atoms with E-state index in [-0.39, 0.29) is 0 Å². The summed E-state index contributed by atoms with van der Waals surface area (Å²) in [5.74, 6) is -1.77. The number of non-ortho nitro benzene ring substituents is 1. The number of hydrogen-bond donors (Lipinski definition) is 0. The summed E-state index contributed by atoms with van der Waals surface area (Å²) in [6, 6.07) is 1.39. The molecule has 1 amide bonds. The number of carbonyl (C=O) groups excluding carboxylic acids is 1. The first kappa shape index (κ1) is 14.7. The highest BCUT2D eigenvalue weighted by Crippen LogP contribution is 2.33. The van der Waals surface area contributed by atoms with Crippen molar-refractivity contribution < 1.29 is 19.7 Å². The van der Waals surface area contributed by atoms with Crippen LogP contribution in [-0.4, -0.2) is 33.7 Å². The number of amides is 1. The Morgan fingerprint density at radius 3 is 2.19 bits per heavy atom. The zero-order valence-corrected chi connectivity index (χ0v) is 11.0. The number of nitro groups is 2. The van der Waals surface area contributed by atoms with Gasteiger partial charge in [0.2, 0.25) is 0 Å². The van der Waals surface area contributed by atoms with Crippen LogP contribution in [0.2, 0.25) is 0 Å². The number of hydrogen-bond acceptors (Lipinski definition) is 6. The average Bonchev–Trinajstić information content (AvgIpc) is 2.47. The first-order chi connectivity index (χ1) is 9.91. The maximum absolute atomic E-state index is 12.3. The quantitative estimate of drug-likeness (QED) is 0.608. The Kier molecular flexibility index (Phi) is 4.01. The summed E-state index contributed by atoms with van der Waals surface area (Å²) in [5.41, 5.74) is -2.11. The van der Waals surface area contributed by atoms with Crippen LogP contribution in [-0.2, 0) is 0 Å². The molecule has 1 aliphatic heterocycles. The highest BCUT2D eigenvalue weighted by atomic mass is 16.6. The molecular weight excluding hydrogens is 282 g/mol. The first-order valence-electron chi connectivity index (χ1n) is 6.35. The maximum Gasteiger partial charge on any atom is 0.277 e. The molecule has 0 spiro atoms. The smallest absolute Gasteiger partial charge is 0.277 e. The minimum atomic E-state index is -1.08. The molecule has 1 aromatic rings. The van der Waals surface area contributed by atoms with Gasteiger partial charge in [-0.1, -0.05) is 0 Å². The molecule has 0 radical (unpaired) electrons. The van der Waals surface area contributed by atoms with Crippen LogP contribution in [0.1, 0.15) is 29.6 Å². The van der Waals surface area contributed by atoms with Crippen LogP contribution in [0.5, 0.6) is 5.75 Å². The molecule has 0 aromatic heterocycles. The molecule has 0 saturated carbocycles. The predicted octanol–water partition coefficient (Wildman–Crippen LogP) is 1.20. The number of rotatable bonds is 3. The van der Waals surface area contributed by atoms with Gasteiger partial charge in [-0.15, -0.1) is 0 Å². The minimum Gasteiger partial charge on any atom is -0.867 e. The van der Waals surface area contributed by atoms with Gasteiger partial charge in [-0.25, -0.2) is 0 Å². The largest absolute Gasteiger partial charge is 0.867 e. The van der Waals surface area contributed by atoms with Crippen molar-refractivity contribution in [2.45, 2.75) is 19.3 Å². The van der Waals surface area contributed by atoms with E-state index in [0.717, 1.165) is 25.3 Å². The van der Waals surface area contributed by atoms with Gasteiger partial charge in [0, 0.05) is 24.7 Å². The third-order valence-corrected chi connectivity index (χ3v) is 3.34. The van der Waals surface area contributed by atoms with Gasteiger partial charge in [-0.05, 0) is 25.0 Å². The summed E-state index contributed by atoms with van der Waals surface area (Å²) >= 11 is 0. The summed E-state index contributed by atoms with van der Waals surface area (Å²) in [4.78, 5) is 33.4. The van der Waals surface area contributed by atoms with Crippen LogP contribution in [0.15, 0.2) is 12.1 Å². The van der Waals surface area contributed by atoms with Crippen LogP contribution in [0.3, 0.4) is 0 Å². The van der Waals surface area contributed by atoms with E-state index in [1.165, 1.54) is 4.90 Å². The summed E-state index contributed by atoms with van der Waals surface area (Å²) in [5, 5.41) is 33.6. The topological polar surface area (TPSA) is 130 Å². The molecule has 1 aromatic carbocycles. The maximum atomic E-state index is 12.3. The molecule has 1 aliphatic rings. The van der Waals surface area contributed by atoms with Crippen molar-refractivity contribution in [3.05, 3.63) is 37.9 Å². The lowest BCUT2D eigenvalue weighted by atomic mass is 10.1. The van der Waals surface area contributed by atoms with Gasteiger partial charge in [0.25, 0.3) is 17.3 Å². The van der Waals surface area contributed by atoms with Gasteiger partial charge >= 0.3 is 0 Å². The normalized spacial score (nSPS) is 14.8. The van der Waals surface area contributed by atoms with E-state index in [4.69, 9.17) is 0 Å². The van der Waals surface area contributed by atoms with E-state index >= 15 is 0 Å². The van der Waals surface area contributed by atoms with Crippen LogP contribution in [0.25, 0.3) is 0 Å². The monoisotopic (exact) mass is 294 g/mol. The van der Waals surface area contributed by atoms with E-state index in [9.17, 15) is 30.1 Å². The highest BCUT2D eigenvalue weighted by Gasteiger charge is 2.25. The first-order valence-corrected chi connectivity index (χ1v) is 6.35. The summed E-state index contributed by atoms with van der Waals surface area (Å²) in [7, 11) is 0. The van der Waals surface area contributed by atoms with Crippen LogP contribution in [0, 0.1) is 20.2 Å². The Bertz CT molecular complexity index is 609. The molecule has 2 rings (SSSR count). The van der Waals surface area contributed by atoms with E-state index in [0.29, 0.717) is 19.2 Å². The zero-order valence-electron chi connectivity index (χ0n) is 11.0. The Morgan fingerprint density at radius 1 is 1.05 bits per heavy atom. The second-order valence-corrected chi connectivity index (χ2v) is 4.71. The molecule has 0 bridgehead atoms. The number of piperidine rings is 1. The average molecular weight is 294 g/mol. The van der Waals surface area contributed by atoms with Crippen LogP contribution < -0.4 is 5.11 Å². The molecule has 0 aliphatic carbocycles. The SMILES string of the molecule is O=C(c1cc([N+](=O)[O-])cc([N+](=O)[O-])c1[O-])N1CCCCC1. The molecule has 9 nitrogen and oxygen atoms in total. The number of carbonyl (C=O) groups is 1. The number of benzene rings is 1. The van der Waals surface area contributed by atoms with Gasteiger partial charge in [0.05, 0.1) is 15.9 Å². The van der Waals surface area contributed by atoms with Crippen molar-refractivity contribution in [2.24, 2.45) is 0 Å². The van der Waals surface area contributed by atoms with Crippen molar-refractivity contribution in [1.82, 2.24) is 4.90 Å². The highest BCUT2D eigenvalue weighted by molar-refractivity contribution is 5.98. The minimum absolute atomic E-state index is 0.439. The van der Waals surface area contributed by atoms with Crippen molar-refractivity contribution in [1.29, 1.82) is 0 Å².